The number of halogens is 3. The standard InChI is InChI=1S/C36H35ClF2O5.C3H8.3C2H6/c1-2-40-32-16-13-27(18-31(32)39)17-28-19-29(14-15-30(28)37)36-20-33(41-21-25-9-5-3-6-10-25)34(35(23-38,44-36)24-43-36)42-22-26-11-7-4-8-12-26;1-3-2;3*1-2/h3-16,18-19,33-34H,2,17,20-24H2,1H3;3H2,1-2H3;3*1-2H3/t33?,34-,35-,36+;;;;/m0..../s1. The van der Waals surface area contributed by atoms with Crippen molar-refractivity contribution in [3.8, 4) is 5.75 Å². The molecular formula is C45H61ClF2O5. The minimum atomic E-state index is -1.37. The molecule has 0 amide bonds. The first-order valence-electron chi connectivity index (χ1n) is 19.3. The lowest BCUT2D eigenvalue weighted by molar-refractivity contribution is -0.295. The van der Waals surface area contributed by atoms with E-state index >= 15 is 4.39 Å². The maximum absolute atomic E-state index is 15.1. The third kappa shape index (κ3) is 12.3. The minimum Gasteiger partial charge on any atom is -0.491 e. The summed E-state index contributed by atoms with van der Waals surface area (Å²) in [5.41, 5.74) is 2.77. The molecule has 2 heterocycles. The number of fused-ring (bicyclic) bond motifs is 2. The fourth-order valence-electron chi connectivity index (χ4n) is 6.02. The highest BCUT2D eigenvalue weighted by molar-refractivity contribution is 6.31. The molecular weight excluding hydrogens is 694 g/mol. The number of hydrogen-bond donors (Lipinski definition) is 0. The Kier molecular flexibility index (Phi) is 20.9. The Morgan fingerprint density at radius 2 is 1.34 bits per heavy atom. The third-order valence-corrected chi connectivity index (χ3v) is 8.59. The molecule has 2 fully saturated rings. The van der Waals surface area contributed by atoms with Crippen LogP contribution < -0.4 is 4.74 Å². The SMILES string of the molecule is CC.CC.CC.CCC.CCOc1ccc(Cc2cc([C@]34CC(OCc5ccccc5)[C@H](OCc5ccccc5)[C@](CF)(CO3)O4)ccc2Cl)cc1F. The van der Waals surface area contributed by atoms with Gasteiger partial charge in [-0.1, -0.05) is 146 Å². The third-order valence-electron chi connectivity index (χ3n) is 8.23. The molecule has 2 aliphatic rings. The summed E-state index contributed by atoms with van der Waals surface area (Å²) in [5.74, 6) is -1.50. The van der Waals surface area contributed by atoms with Crippen LogP contribution in [-0.4, -0.2) is 37.7 Å². The number of rotatable bonds is 12. The second kappa shape index (κ2) is 24.2. The summed E-state index contributed by atoms with van der Waals surface area (Å²) in [7, 11) is 0. The molecule has 2 aliphatic heterocycles. The lowest BCUT2D eigenvalue weighted by Gasteiger charge is -2.46. The van der Waals surface area contributed by atoms with Gasteiger partial charge in [0.25, 0.3) is 0 Å². The summed E-state index contributed by atoms with van der Waals surface area (Å²) in [6.07, 6.45) is 0.646. The molecule has 0 aliphatic carbocycles. The van der Waals surface area contributed by atoms with Crippen molar-refractivity contribution in [3.63, 3.8) is 0 Å². The lowest BCUT2D eigenvalue weighted by Crippen LogP contribution is -2.60. The van der Waals surface area contributed by atoms with E-state index in [2.05, 4.69) is 13.8 Å². The molecule has 8 heteroatoms. The first-order valence-corrected chi connectivity index (χ1v) is 19.6. The van der Waals surface area contributed by atoms with Gasteiger partial charge in [-0.25, -0.2) is 8.78 Å². The predicted octanol–water partition coefficient (Wildman–Crippen LogP) is 12.4. The quantitative estimate of drug-likeness (QED) is 0.144. The average Bonchev–Trinajstić information content (AvgIpc) is 3.53. The maximum Gasteiger partial charge on any atom is 0.198 e. The second-order valence-electron chi connectivity index (χ2n) is 12.0. The van der Waals surface area contributed by atoms with Gasteiger partial charge in [0.05, 0.1) is 32.5 Å². The lowest BCUT2D eigenvalue weighted by atomic mass is 9.85. The monoisotopic (exact) mass is 754 g/mol. The van der Waals surface area contributed by atoms with Gasteiger partial charge in [-0.15, -0.1) is 0 Å². The molecule has 5 nitrogen and oxygen atoms in total. The van der Waals surface area contributed by atoms with Gasteiger partial charge in [0, 0.05) is 17.0 Å². The van der Waals surface area contributed by atoms with E-state index in [0.29, 0.717) is 30.2 Å². The van der Waals surface area contributed by atoms with E-state index in [0.717, 1.165) is 22.3 Å². The van der Waals surface area contributed by atoms with Gasteiger partial charge in [-0.05, 0) is 59.9 Å². The Balaban J connectivity index is 0.000000998. The predicted molar refractivity (Wildman–Crippen MR) is 214 cm³/mol. The van der Waals surface area contributed by atoms with Crippen LogP contribution in [0.2, 0.25) is 5.02 Å². The molecule has 2 bridgehead atoms. The Labute approximate surface area is 322 Å². The van der Waals surface area contributed by atoms with Crippen LogP contribution in [0.4, 0.5) is 8.78 Å². The van der Waals surface area contributed by atoms with Crippen LogP contribution in [0.5, 0.6) is 5.75 Å². The van der Waals surface area contributed by atoms with E-state index < -0.39 is 36.1 Å². The number of ether oxygens (including phenoxy) is 5. The molecule has 0 aromatic heterocycles. The highest BCUT2D eigenvalue weighted by Gasteiger charge is 2.64. The van der Waals surface area contributed by atoms with Crippen LogP contribution >= 0.6 is 11.6 Å². The number of benzene rings is 4. The van der Waals surface area contributed by atoms with Crippen LogP contribution in [0.25, 0.3) is 0 Å². The molecule has 4 atom stereocenters. The largest absolute Gasteiger partial charge is 0.491 e. The smallest absolute Gasteiger partial charge is 0.198 e. The maximum atomic E-state index is 15.1. The average molecular weight is 755 g/mol. The molecule has 292 valence electrons. The summed E-state index contributed by atoms with van der Waals surface area (Å²) >= 11 is 6.62. The Bertz CT molecular complexity index is 1570. The molecule has 4 aromatic rings. The molecule has 6 rings (SSSR count). The van der Waals surface area contributed by atoms with E-state index in [4.69, 9.17) is 35.3 Å². The van der Waals surface area contributed by atoms with E-state index in [1.165, 1.54) is 12.5 Å². The van der Waals surface area contributed by atoms with Gasteiger partial charge in [0.15, 0.2) is 23.0 Å². The fourth-order valence-corrected chi connectivity index (χ4v) is 6.20. The Morgan fingerprint density at radius 1 is 0.755 bits per heavy atom. The second-order valence-corrected chi connectivity index (χ2v) is 12.4. The molecule has 0 N–H and O–H groups in total. The van der Waals surface area contributed by atoms with Crippen molar-refractivity contribution >= 4 is 11.6 Å². The van der Waals surface area contributed by atoms with Crippen LogP contribution in [0.1, 0.15) is 103 Å². The van der Waals surface area contributed by atoms with Crippen LogP contribution in [0.15, 0.2) is 97.1 Å². The van der Waals surface area contributed by atoms with Gasteiger partial charge in [-0.3, -0.25) is 0 Å². The highest BCUT2D eigenvalue weighted by Crippen LogP contribution is 2.52. The van der Waals surface area contributed by atoms with Crippen molar-refractivity contribution in [2.24, 2.45) is 0 Å². The number of hydrogen-bond acceptors (Lipinski definition) is 5. The Morgan fingerprint density at radius 3 is 1.89 bits per heavy atom. The molecule has 4 aromatic carbocycles. The first kappa shape index (κ1) is 45.8. The van der Waals surface area contributed by atoms with Crippen LogP contribution in [0.3, 0.4) is 0 Å². The molecule has 2 saturated heterocycles. The van der Waals surface area contributed by atoms with E-state index in [9.17, 15) is 4.39 Å². The van der Waals surface area contributed by atoms with Crippen molar-refractivity contribution in [1.82, 2.24) is 0 Å². The van der Waals surface area contributed by atoms with Crippen LogP contribution in [0, 0.1) is 5.82 Å². The first-order chi connectivity index (χ1) is 25.8. The summed E-state index contributed by atoms with van der Waals surface area (Å²) in [5, 5.41) is 0.519. The van der Waals surface area contributed by atoms with Crippen molar-refractivity contribution in [3.05, 3.63) is 136 Å². The topological polar surface area (TPSA) is 46.2 Å². The van der Waals surface area contributed by atoms with E-state index in [1.54, 1.807) is 12.1 Å². The van der Waals surface area contributed by atoms with Gasteiger partial charge < -0.3 is 23.7 Å². The summed E-state index contributed by atoms with van der Waals surface area (Å²) in [6.45, 7) is 18.2. The molecule has 1 unspecified atom stereocenters. The highest BCUT2D eigenvalue weighted by atomic mass is 35.5. The van der Waals surface area contributed by atoms with Gasteiger partial charge in [0.2, 0.25) is 0 Å². The van der Waals surface area contributed by atoms with Crippen molar-refractivity contribution in [1.29, 1.82) is 0 Å². The Hall–Kier alpha value is -3.33. The van der Waals surface area contributed by atoms with Gasteiger partial charge in [0.1, 0.15) is 12.8 Å². The normalized spacial score (nSPS) is 20.9. The molecule has 0 spiro atoms. The summed E-state index contributed by atoms with van der Waals surface area (Å²) < 4.78 is 60.9. The van der Waals surface area contributed by atoms with E-state index in [1.807, 2.05) is 127 Å². The molecule has 0 radical (unpaired) electrons. The zero-order valence-corrected chi connectivity index (χ0v) is 34.0. The van der Waals surface area contributed by atoms with E-state index in [-0.39, 0.29) is 25.4 Å². The zero-order valence-electron chi connectivity index (χ0n) is 33.2. The summed E-state index contributed by atoms with van der Waals surface area (Å²) in [6, 6.07) is 30.0. The van der Waals surface area contributed by atoms with Gasteiger partial charge >= 0.3 is 0 Å². The van der Waals surface area contributed by atoms with Crippen molar-refractivity contribution in [2.45, 2.75) is 118 Å². The molecule has 53 heavy (non-hydrogen) atoms. The number of alkyl halides is 1. The van der Waals surface area contributed by atoms with Crippen molar-refractivity contribution < 1.29 is 32.5 Å². The minimum absolute atomic E-state index is 0.00375. The van der Waals surface area contributed by atoms with Gasteiger partial charge in [-0.2, -0.15) is 0 Å². The molecule has 0 saturated carbocycles. The van der Waals surface area contributed by atoms with Crippen LogP contribution in [-0.2, 0) is 44.4 Å². The summed E-state index contributed by atoms with van der Waals surface area (Å²) in [4.78, 5) is 0. The zero-order chi connectivity index (χ0) is 39.3. The van der Waals surface area contributed by atoms with Crippen molar-refractivity contribution in [2.75, 3.05) is 19.9 Å². The fraction of sp³-hybridized carbons (Fsp3) is 0.467.